The molecule has 0 spiro atoms. The van der Waals surface area contributed by atoms with Crippen molar-refractivity contribution in [1.82, 2.24) is 10.2 Å². The van der Waals surface area contributed by atoms with Crippen LogP contribution in [0.1, 0.15) is 38.1 Å². The van der Waals surface area contributed by atoms with Gasteiger partial charge in [0.2, 0.25) is 0 Å². The van der Waals surface area contributed by atoms with E-state index in [4.69, 9.17) is 0 Å². The molecule has 106 valence electrons. The van der Waals surface area contributed by atoms with E-state index in [0.717, 1.165) is 11.0 Å². The molecule has 19 heavy (non-hydrogen) atoms. The highest BCUT2D eigenvalue weighted by Crippen LogP contribution is 2.10. The van der Waals surface area contributed by atoms with Crippen molar-refractivity contribution in [3.05, 3.63) is 34.3 Å². The summed E-state index contributed by atoms with van der Waals surface area (Å²) in [6, 6.07) is 8.38. The number of amides is 1. The Morgan fingerprint density at radius 2 is 1.68 bits per heavy atom. The van der Waals surface area contributed by atoms with E-state index >= 15 is 0 Å². The summed E-state index contributed by atoms with van der Waals surface area (Å²) in [5, 5.41) is 2.96. The van der Waals surface area contributed by atoms with Crippen LogP contribution in [-0.4, -0.2) is 36.0 Å². The zero-order valence-corrected chi connectivity index (χ0v) is 13.7. The average Bonchev–Trinajstić information content (AvgIpc) is 2.34. The summed E-state index contributed by atoms with van der Waals surface area (Å²) in [6.07, 6.45) is 0. The molecule has 0 radical (unpaired) electrons. The Morgan fingerprint density at radius 3 is 2.16 bits per heavy atom. The molecule has 0 heterocycles. The van der Waals surface area contributed by atoms with Gasteiger partial charge in [-0.25, -0.2) is 0 Å². The fourth-order valence-corrected chi connectivity index (χ4v) is 2.38. The smallest absolute Gasteiger partial charge is 0.251 e. The van der Waals surface area contributed by atoms with Crippen LogP contribution in [0, 0.1) is 0 Å². The molecule has 0 aliphatic carbocycles. The maximum Gasteiger partial charge on any atom is 0.251 e. The van der Waals surface area contributed by atoms with Crippen molar-refractivity contribution in [2.45, 2.75) is 39.8 Å². The zero-order valence-electron chi connectivity index (χ0n) is 12.1. The van der Waals surface area contributed by atoms with E-state index in [1.165, 1.54) is 0 Å². The van der Waals surface area contributed by atoms with Crippen molar-refractivity contribution < 1.29 is 4.79 Å². The number of carbonyl (C=O) groups excluding carboxylic acids is 1. The fourth-order valence-electron chi connectivity index (χ4n) is 2.11. The second kappa shape index (κ2) is 7.65. The third-order valence-corrected chi connectivity index (χ3v) is 3.62. The SMILES string of the molecule is CC(C)N(CCNC(=O)c1ccc(Br)cc1)C(C)C. The first kappa shape index (κ1) is 16.2. The van der Waals surface area contributed by atoms with Crippen LogP contribution < -0.4 is 5.32 Å². The maximum absolute atomic E-state index is 11.9. The Balaban J connectivity index is 2.44. The summed E-state index contributed by atoms with van der Waals surface area (Å²) in [7, 11) is 0. The number of rotatable bonds is 6. The molecule has 0 unspecified atom stereocenters. The number of benzene rings is 1. The third kappa shape index (κ3) is 5.33. The van der Waals surface area contributed by atoms with Gasteiger partial charge in [-0.1, -0.05) is 15.9 Å². The van der Waals surface area contributed by atoms with Crippen molar-refractivity contribution in [2.24, 2.45) is 0 Å². The van der Waals surface area contributed by atoms with Gasteiger partial charge in [0, 0.05) is 35.2 Å². The first-order valence-electron chi connectivity index (χ1n) is 6.71. The van der Waals surface area contributed by atoms with Gasteiger partial charge >= 0.3 is 0 Å². The van der Waals surface area contributed by atoms with E-state index in [-0.39, 0.29) is 5.91 Å². The second-order valence-electron chi connectivity index (χ2n) is 5.19. The number of carbonyl (C=O) groups is 1. The van der Waals surface area contributed by atoms with Crippen LogP contribution >= 0.6 is 15.9 Å². The molecule has 0 fully saturated rings. The molecule has 0 bridgehead atoms. The molecule has 1 aromatic rings. The minimum Gasteiger partial charge on any atom is -0.351 e. The molecular formula is C15H23BrN2O. The lowest BCUT2D eigenvalue weighted by Crippen LogP contribution is -2.42. The molecule has 0 aliphatic rings. The highest BCUT2D eigenvalue weighted by Gasteiger charge is 2.13. The van der Waals surface area contributed by atoms with Crippen LogP contribution in [0.2, 0.25) is 0 Å². The maximum atomic E-state index is 11.9. The third-order valence-electron chi connectivity index (χ3n) is 3.09. The predicted molar refractivity (Wildman–Crippen MR) is 83.5 cm³/mol. The van der Waals surface area contributed by atoms with E-state index in [9.17, 15) is 4.79 Å². The van der Waals surface area contributed by atoms with Gasteiger partial charge in [-0.15, -0.1) is 0 Å². The van der Waals surface area contributed by atoms with Crippen molar-refractivity contribution in [3.8, 4) is 0 Å². The summed E-state index contributed by atoms with van der Waals surface area (Å²) in [4.78, 5) is 14.3. The summed E-state index contributed by atoms with van der Waals surface area (Å²) >= 11 is 3.36. The van der Waals surface area contributed by atoms with E-state index < -0.39 is 0 Å². The first-order valence-corrected chi connectivity index (χ1v) is 7.50. The Bertz CT molecular complexity index is 393. The van der Waals surface area contributed by atoms with Crippen molar-refractivity contribution >= 4 is 21.8 Å². The van der Waals surface area contributed by atoms with Gasteiger partial charge in [0.15, 0.2) is 0 Å². The average molecular weight is 327 g/mol. The predicted octanol–water partition coefficient (Wildman–Crippen LogP) is 3.30. The van der Waals surface area contributed by atoms with Crippen LogP contribution in [0.5, 0.6) is 0 Å². The summed E-state index contributed by atoms with van der Waals surface area (Å²) in [5.74, 6) is -0.0139. The number of hydrogen-bond donors (Lipinski definition) is 1. The monoisotopic (exact) mass is 326 g/mol. The van der Waals surface area contributed by atoms with E-state index in [2.05, 4.69) is 53.8 Å². The van der Waals surface area contributed by atoms with Crippen molar-refractivity contribution in [1.29, 1.82) is 0 Å². The fraction of sp³-hybridized carbons (Fsp3) is 0.533. The molecule has 1 rings (SSSR count). The summed E-state index contributed by atoms with van der Waals surface area (Å²) < 4.78 is 0.981. The molecular weight excluding hydrogens is 304 g/mol. The normalized spacial score (nSPS) is 11.4. The minimum absolute atomic E-state index is 0.0139. The van der Waals surface area contributed by atoms with Crippen LogP contribution in [0.25, 0.3) is 0 Å². The van der Waals surface area contributed by atoms with E-state index in [1.54, 1.807) is 0 Å². The molecule has 0 atom stereocenters. The Hall–Kier alpha value is -0.870. The van der Waals surface area contributed by atoms with Crippen LogP contribution in [0.4, 0.5) is 0 Å². The summed E-state index contributed by atoms with van der Waals surface area (Å²) in [6.45, 7) is 10.3. The Kier molecular flexibility index (Phi) is 6.52. The highest BCUT2D eigenvalue weighted by atomic mass is 79.9. The van der Waals surface area contributed by atoms with Gasteiger partial charge in [-0.3, -0.25) is 9.69 Å². The van der Waals surface area contributed by atoms with Crippen molar-refractivity contribution in [2.75, 3.05) is 13.1 Å². The zero-order chi connectivity index (χ0) is 14.4. The van der Waals surface area contributed by atoms with Crippen LogP contribution in [0.15, 0.2) is 28.7 Å². The number of nitrogens with one attached hydrogen (secondary N) is 1. The lowest BCUT2D eigenvalue weighted by molar-refractivity contribution is 0.0939. The number of nitrogens with zero attached hydrogens (tertiary/aromatic N) is 1. The molecule has 0 aromatic heterocycles. The van der Waals surface area contributed by atoms with Crippen LogP contribution in [-0.2, 0) is 0 Å². The Morgan fingerprint density at radius 1 is 1.16 bits per heavy atom. The van der Waals surface area contributed by atoms with Crippen LogP contribution in [0.3, 0.4) is 0 Å². The number of hydrogen-bond acceptors (Lipinski definition) is 2. The second-order valence-corrected chi connectivity index (χ2v) is 6.10. The van der Waals surface area contributed by atoms with Gasteiger partial charge in [-0.2, -0.15) is 0 Å². The quantitative estimate of drug-likeness (QED) is 0.869. The Labute approximate surface area is 124 Å². The highest BCUT2D eigenvalue weighted by molar-refractivity contribution is 9.10. The van der Waals surface area contributed by atoms with E-state index in [1.807, 2.05) is 24.3 Å². The minimum atomic E-state index is -0.0139. The molecule has 0 saturated carbocycles. The molecule has 0 saturated heterocycles. The first-order chi connectivity index (χ1) is 8.91. The molecule has 0 aliphatic heterocycles. The lowest BCUT2D eigenvalue weighted by Gasteiger charge is -2.30. The molecule has 1 amide bonds. The van der Waals surface area contributed by atoms with Crippen molar-refractivity contribution in [3.63, 3.8) is 0 Å². The van der Waals surface area contributed by atoms with Gasteiger partial charge in [-0.05, 0) is 52.0 Å². The molecule has 1 N–H and O–H groups in total. The topological polar surface area (TPSA) is 32.3 Å². The van der Waals surface area contributed by atoms with Gasteiger partial charge in [0.05, 0.1) is 0 Å². The van der Waals surface area contributed by atoms with Gasteiger partial charge in [0.1, 0.15) is 0 Å². The molecule has 1 aromatic carbocycles. The molecule has 4 heteroatoms. The van der Waals surface area contributed by atoms with Gasteiger partial charge < -0.3 is 5.32 Å². The largest absolute Gasteiger partial charge is 0.351 e. The van der Waals surface area contributed by atoms with Gasteiger partial charge in [0.25, 0.3) is 5.91 Å². The number of halogens is 1. The standard InChI is InChI=1S/C15H23BrN2O/c1-11(2)18(12(3)4)10-9-17-15(19)13-5-7-14(16)8-6-13/h5-8,11-12H,9-10H2,1-4H3,(H,17,19). The van der Waals surface area contributed by atoms with E-state index in [0.29, 0.717) is 24.2 Å². The lowest BCUT2D eigenvalue weighted by atomic mass is 10.2. The molecule has 3 nitrogen and oxygen atoms in total. The summed E-state index contributed by atoms with van der Waals surface area (Å²) in [5.41, 5.74) is 0.698.